The maximum Gasteiger partial charge on any atom is 0.335 e. The van der Waals surface area contributed by atoms with Gasteiger partial charge in [0.1, 0.15) is 5.75 Å². The molecule has 1 atom stereocenters. The van der Waals surface area contributed by atoms with Crippen LogP contribution < -0.4 is 4.74 Å². The van der Waals surface area contributed by atoms with Crippen molar-refractivity contribution in [2.75, 3.05) is 0 Å². The van der Waals surface area contributed by atoms with Crippen LogP contribution >= 0.6 is 0 Å². The van der Waals surface area contributed by atoms with E-state index < -0.39 is 5.97 Å². The normalized spacial score (nSPS) is 13.8. The van der Waals surface area contributed by atoms with Gasteiger partial charge in [0.2, 0.25) is 0 Å². The van der Waals surface area contributed by atoms with E-state index in [0.29, 0.717) is 5.75 Å². The lowest BCUT2D eigenvalue weighted by atomic mass is 9.70. The standard InChI is InChI=1S/C38H58O2/c1-16-33(39)40-34-30(22-28(36(10,11)18-3)24-32(34)38(14,15)20-5)25(6)29-21-27(35(8,9)17-2)23-31(26(29)7)37(12,13)19-4/h16,21-25H,1,17-20H2,2-15H3. The molecule has 0 amide bonds. The average Bonchev–Trinajstić information content (AvgIpc) is 2.92. The minimum Gasteiger partial charge on any atom is -0.423 e. The minimum absolute atomic E-state index is 0.00945. The molecular formula is C38H58O2. The Hall–Kier alpha value is -2.35. The van der Waals surface area contributed by atoms with Gasteiger partial charge in [0.25, 0.3) is 0 Å². The number of esters is 1. The summed E-state index contributed by atoms with van der Waals surface area (Å²) >= 11 is 0. The van der Waals surface area contributed by atoms with Crippen LogP contribution in [-0.4, -0.2) is 5.97 Å². The second-order valence-electron chi connectivity index (χ2n) is 14.5. The molecule has 2 rings (SSSR count). The van der Waals surface area contributed by atoms with Crippen molar-refractivity contribution in [3.8, 4) is 5.75 Å². The van der Waals surface area contributed by atoms with Crippen LogP contribution in [0.3, 0.4) is 0 Å². The fourth-order valence-electron chi connectivity index (χ4n) is 5.36. The van der Waals surface area contributed by atoms with Gasteiger partial charge in [-0.2, -0.15) is 0 Å². The van der Waals surface area contributed by atoms with Gasteiger partial charge < -0.3 is 4.74 Å². The summed E-state index contributed by atoms with van der Waals surface area (Å²) < 4.78 is 6.18. The molecule has 222 valence electrons. The molecule has 0 bridgehead atoms. The van der Waals surface area contributed by atoms with Crippen molar-refractivity contribution in [1.29, 1.82) is 0 Å². The molecule has 0 saturated heterocycles. The predicted octanol–water partition coefficient (Wildman–Crippen LogP) is 11.0. The van der Waals surface area contributed by atoms with Crippen molar-refractivity contribution in [3.05, 3.63) is 75.9 Å². The van der Waals surface area contributed by atoms with E-state index in [1.54, 1.807) is 0 Å². The van der Waals surface area contributed by atoms with E-state index in [4.69, 9.17) is 4.74 Å². The Kier molecular flexibility index (Phi) is 10.4. The SMILES string of the molecule is C=CC(=O)Oc1c(C(C)c2cc(C(C)(C)CC)cc(C(C)(C)CC)c2C)cc(C(C)(C)CC)cc1C(C)(C)CC. The van der Waals surface area contributed by atoms with Crippen LogP contribution in [0.4, 0.5) is 0 Å². The zero-order valence-corrected chi connectivity index (χ0v) is 28.3. The molecule has 0 saturated carbocycles. The Morgan fingerprint density at radius 3 is 1.55 bits per heavy atom. The zero-order valence-electron chi connectivity index (χ0n) is 28.3. The van der Waals surface area contributed by atoms with Crippen molar-refractivity contribution >= 4 is 5.97 Å². The van der Waals surface area contributed by atoms with Gasteiger partial charge in [0.05, 0.1) is 0 Å². The molecule has 2 heteroatoms. The van der Waals surface area contributed by atoms with E-state index in [-0.39, 0.29) is 27.6 Å². The summed E-state index contributed by atoms with van der Waals surface area (Å²) in [5, 5.41) is 0. The summed E-state index contributed by atoms with van der Waals surface area (Å²) in [6, 6.07) is 9.50. The molecule has 0 radical (unpaired) electrons. The number of carbonyl (C=O) groups is 1. The van der Waals surface area contributed by atoms with Gasteiger partial charge in [-0.3, -0.25) is 0 Å². The highest BCUT2D eigenvalue weighted by Gasteiger charge is 2.33. The minimum atomic E-state index is -0.408. The van der Waals surface area contributed by atoms with E-state index in [1.165, 1.54) is 33.9 Å². The summed E-state index contributed by atoms with van der Waals surface area (Å²) in [5.41, 5.74) is 8.87. The lowest BCUT2D eigenvalue weighted by Crippen LogP contribution is -2.25. The first-order valence-electron chi connectivity index (χ1n) is 15.5. The Labute approximate surface area is 247 Å². The molecule has 0 aliphatic carbocycles. The van der Waals surface area contributed by atoms with Crippen molar-refractivity contribution in [2.45, 2.75) is 150 Å². The third-order valence-electron chi connectivity index (χ3n) is 10.4. The fraction of sp³-hybridized carbons (Fsp3) is 0.605. The summed E-state index contributed by atoms with van der Waals surface area (Å²) in [5.74, 6) is 0.330. The summed E-state index contributed by atoms with van der Waals surface area (Å²) in [6.07, 6.45) is 5.36. The molecule has 2 aromatic carbocycles. The summed E-state index contributed by atoms with van der Waals surface area (Å²) in [7, 11) is 0. The van der Waals surface area contributed by atoms with Crippen molar-refractivity contribution in [2.24, 2.45) is 0 Å². The third kappa shape index (κ3) is 6.75. The number of hydrogen-bond donors (Lipinski definition) is 0. The molecule has 0 fully saturated rings. The van der Waals surface area contributed by atoms with Crippen LogP contribution in [0.25, 0.3) is 0 Å². The number of hydrogen-bond acceptors (Lipinski definition) is 2. The second-order valence-corrected chi connectivity index (χ2v) is 14.5. The molecule has 0 aliphatic heterocycles. The largest absolute Gasteiger partial charge is 0.423 e. The van der Waals surface area contributed by atoms with Gasteiger partial charge >= 0.3 is 5.97 Å². The second kappa shape index (κ2) is 12.3. The van der Waals surface area contributed by atoms with Crippen LogP contribution in [0.1, 0.15) is 161 Å². The quantitative estimate of drug-likeness (QED) is 0.150. The number of carbonyl (C=O) groups excluding carboxylic acids is 1. The van der Waals surface area contributed by atoms with Crippen molar-refractivity contribution in [3.63, 3.8) is 0 Å². The molecule has 40 heavy (non-hydrogen) atoms. The highest BCUT2D eigenvalue weighted by Crippen LogP contribution is 2.47. The molecule has 1 unspecified atom stereocenters. The summed E-state index contributed by atoms with van der Waals surface area (Å²) in [6.45, 7) is 35.8. The number of ether oxygens (including phenoxy) is 1. The maximum absolute atomic E-state index is 12.8. The Morgan fingerprint density at radius 2 is 1.12 bits per heavy atom. The monoisotopic (exact) mass is 546 g/mol. The predicted molar refractivity (Wildman–Crippen MR) is 174 cm³/mol. The highest BCUT2D eigenvalue weighted by atomic mass is 16.5. The molecule has 0 aromatic heterocycles. The first-order chi connectivity index (χ1) is 18.3. The Balaban J connectivity index is 3.10. The van der Waals surface area contributed by atoms with Gasteiger partial charge in [-0.25, -0.2) is 4.79 Å². The smallest absolute Gasteiger partial charge is 0.335 e. The van der Waals surface area contributed by atoms with Gasteiger partial charge in [0, 0.05) is 23.1 Å². The van der Waals surface area contributed by atoms with Crippen LogP contribution in [0.15, 0.2) is 36.9 Å². The topological polar surface area (TPSA) is 26.3 Å². The van der Waals surface area contributed by atoms with Gasteiger partial charge in [-0.05, 0) is 82.1 Å². The molecule has 2 aromatic rings. The molecule has 0 N–H and O–H groups in total. The van der Waals surface area contributed by atoms with Crippen LogP contribution in [0, 0.1) is 6.92 Å². The molecule has 0 spiro atoms. The molecular weight excluding hydrogens is 488 g/mol. The number of benzene rings is 2. The van der Waals surface area contributed by atoms with E-state index in [9.17, 15) is 4.79 Å². The Morgan fingerprint density at radius 1 is 0.725 bits per heavy atom. The lowest BCUT2D eigenvalue weighted by molar-refractivity contribution is -0.129. The van der Waals surface area contributed by atoms with Gasteiger partial charge in [-0.1, -0.05) is 121 Å². The zero-order chi connectivity index (χ0) is 30.8. The van der Waals surface area contributed by atoms with Gasteiger partial charge in [-0.15, -0.1) is 0 Å². The highest BCUT2D eigenvalue weighted by molar-refractivity contribution is 5.84. The van der Waals surface area contributed by atoms with E-state index in [0.717, 1.165) is 36.8 Å². The van der Waals surface area contributed by atoms with E-state index in [2.05, 4.69) is 128 Å². The molecule has 2 nitrogen and oxygen atoms in total. The Bertz CT molecular complexity index is 1220. The van der Waals surface area contributed by atoms with Gasteiger partial charge in [0.15, 0.2) is 0 Å². The lowest BCUT2D eigenvalue weighted by Gasteiger charge is -2.35. The van der Waals surface area contributed by atoms with Crippen molar-refractivity contribution in [1.82, 2.24) is 0 Å². The fourth-order valence-corrected chi connectivity index (χ4v) is 5.36. The van der Waals surface area contributed by atoms with Crippen molar-refractivity contribution < 1.29 is 9.53 Å². The summed E-state index contributed by atoms with van der Waals surface area (Å²) in [4.78, 5) is 12.8. The van der Waals surface area contributed by atoms with Crippen LogP contribution in [-0.2, 0) is 26.5 Å². The van der Waals surface area contributed by atoms with E-state index >= 15 is 0 Å². The first kappa shape index (κ1) is 33.9. The van der Waals surface area contributed by atoms with Crippen LogP contribution in [0.2, 0.25) is 0 Å². The van der Waals surface area contributed by atoms with Crippen LogP contribution in [0.5, 0.6) is 5.75 Å². The third-order valence-corrected chi connectivity index (χ3v) is 10.4. The first-order valence-corrected chi connectivity index (χ1v) is 15.5. The maximum atomic E-state index is 12.8. The number of rotatable bonds is 12. The molecule has 0 heterocycles. The van der Waals surface area contributed by atoms with E-state index in [1.807, 2.05) is 0 Å². The molecule has 0 aliphatic rings. The average molecular weight is 547 g/mol.